The first-order valence-electron chi connectivity index (χ1n) is 3.80. The summed E-state index contributed by atoms with van der Waals surface area (Å²) >= 11 is 1.45. The van der Waals surface area contributed by atoms with Gasteiger partial charge in [0.05, 0.1) is 10.8 Å². The monoisotopic (exact) mass is 220 g/mol. The lowest BCUT2D eigenvalue weighted by molar-refractivity contribution is 0.584. The molecule has 0 saturated carbocycles. The molecule has 0 saturated heterocycles. The van der Waals surface area contributed by atoms with Gasteiger partial charge in [-0.15, -0.1) is 11.3 Å². The summed E-state index contributed by atoms with van der Waals surface area (Å²) in [4.78, 5) is 4.83. The minimum Gasteiger partial charge on any atom is -0.329 e. The van der Waals surface area contributed by atoms with Crippen molar-refractivity contribution in [1.82, 2.24) is 4.98 Å². The predicted octanol–water partition coefficient (Wildman–Crippen LogP) is 0.0575. The van der Waals surface area contributed by atoms with Gasteiger partial charge in [-0.25, -0.2) is 8.42 Å². The molecule has 0 amide bonds. The van der Waals surface area contributed by atoms with E-state index in [0.29, 0.717) is 6.42 Å². The number of hydrogen-bond acceptors (Lipinski definition) is 5. The predicted molar refractivity (Wildman–Crippen MR) is 53.5 cm³/mol. The van der Waals surface area contributed by atoms with E-state index in [1.165, 1.54) is 17.6 Å². The molecule has 0 fully saturated rings. The van der Waals surface area contributed by atoms with Gasteiger partial charge < -0.3 is 5.73 Å². The van der Waals surface area contributed by atoms with Crippen molar-refractivity contribution in [2.24, 2.45) is 5.73 Å². The summed E-state index contributed by atoms with van der Waals surface area (Å²) in [6.07, 6.45) is 3.37. The van der Waals surface area contributed by atoms with Crippen LogP contribution in [0.4, 0.5) is 0 Å². The lowest BCUT2D eigenvalue weighted by atomic mass is 10.3. The molecule has 74 valence electrons. The molecule has 6 heteroatoms. The summed E-state index contributed by atoms with van der Waals surface area (Å²) in [7, 11) is -3.04. The fraction of sp³-hybridized carbons (Fsp3) is 0.571. The minimum absolute atomic E-state index is 0.163. The van der Waals surface area contributed by atoms with Gasteiger partial charge in [0.1, 0.15) is 0 Å². The standard InChI is InChI=1S/C7H12N2O2S2/c1-13(10,11)7(3-8)2-6-4-9-5-12-6/h4-5,7H,2-3,8H2,1H3. The van der Waals surface area contributed by atoms with E-state index < -0.39 is 15.1 Å². The minimum atomic E-state index is -3.04. The summed E-state index contributed by atoms with van der Waals surface area (Å²) in [5, 5.41) is -0.479. The van der Waals surface area contributed by atoms with Crippen LogP contribution in [0, 0.1) is 0 Å². The molecular weight excluding hydrogens is 208 g/mol. The second-order valence-electron chi connectivity index (χ2n) is 2.86. The van der Waals surface area contributed by atoms with Crippen LogP contribution in [0.5, 0.6) is 0 Å². The molecule has 1 rings (SSSR count). The SMILES string of the molecule is CS(=O)(=O)C(CN)Cc1cncs1. The lowest BCUT2D eigenvalue weighted by Gasteiger charge is -2.10. The van der Waals surface area contributed by atoms with Crippen LogP contribution < -0.4 is 5.73 Å². The Balaban J connectivity index is 2.72. The van der Waals surface area contributed by atoms with E-state index in [4.69, 9.17) is 5.73 Å². The zero-order chi connectivity index (χ0) is 9.90. The largest absolute Gasteiger partial charge is 0.329 e. The summed E-state index contributed by atoms with van der Waals surface area (Å²) in [5.41, 5.74) is 7.07. The summed E-state index contributed by atoms with van der Waals surface area (Å²) in [6.45, 7) is 0.163. The highest BCUT2D eigenvalue weighted by atomic mass is 32.2. The van der Waals surface area contributed by atoms with Gasteiger partial charge in [0, 0.05) is 30.3 Å². The maximum Gasteiger partial charge on any atom is 0.151 e. The Kier molecular flexibility index (Phi) is 3.40. The third-order valence-electron chi connectivity index (χ3n) is 1.78. The molecular formula is C7H12N2O2S2. The first-order chi connectivity index (χ1) is 6.04. The average Bonchev–Trinajstić information content (AvgIpc) is 2.49. The van der Waals surface area contributed by atoms with Gasteiger partial charge in [-0.1, -0.05) is 0 Å². The van der Waals surface area contributed by atoms with Crippen LogP contribution in [0.15, 0.2) is 11.7 Å². The summed E-state index contributed by atoms with van der Waals surface area (Å²) in [6, 6.07) is 0. The van der Waals surface area contributed by atoms with E-state index in [2.05, 4.69) is 4.98 Å². The van der Waals surface area contributed by atoms with E-state index >= 15 is 0 Å². The van der Waals surface area contributed by atoms with E-state index in [1.807, 2.05) is 0 Å². The number of aromatic nitrogens is 1. The van der Waals surface area contributed by atoms with Gasteiger partial charge in [-0.2, -0.15) is 0 Å². The first kappa shape index (κ1) is 10.6. The molecule has 0 aliphatic heterocycles. The first-order valence-corrected chi connectivity index (χ1v) is 6.63. The van der Waals surface area contributed by atoms with Crippen molar-refractivity contribution in [2.45, 2.75) is 11.7 Å². The van der Waals surface area contributed by atoms with Gasteiger partial charge in [0.2, 0.25) is 0 Å². The highest BCUT2D eigenvalue weighted by Gasteiger charge is 2.19. The molecule has 0 bridgehead atoms. The number of nitrogens with zero attached hydrogens (tertiary/aromatic N) is 1. The maximum absolute atomic E-state index is 11.2. The van der Waals surface area contributed by atoms with Crippen LogP contribution in [-0.2, 0) is 16.3 Å². The molecule has 1 aromatic rings. The average molecular weight is 220 g/mol. The van der Waals surface area contributed by atoms with Crippen LogP contribution >= 0.6 is 11.3 Å². The topological polar surface area (TPSA) is 73.0 Å². The molecule has 0 aliphatic carbocycles. The smallest absolute Gasteiger partial charge is 0.151 e. The molecule has 2 N–H and O–H groups in total. The Labute approximate surface area is 81.7 Å². The second-order valence-corrected chi connectivity index (χ2v) is 6.16. The normalized spacial score (nSPS) is 14.3. The third-order valence-corrected chi connectivity index (χ3v) is 4.15. The van der Waals surface area contributed by atoms with Crippen LogP contribution in [0.25, 0.3) is 0 Å². The molecule has 1 aromatic heterocycles. The highest BCUT2D eigenvalue weighted by molar-refractivity contribution is 7.91. The highest BCUT2D eigenvalue weighted by Crippen LogP contribution is 2.12. The van der Waals surface area contributed by atoms with E-state index in [1.54, 1.807) is 11.7 Å². The number of nitrogens with two attached hydrogens (primary N) is 1. The number of rotatable bonds is 4. The molecule has 1 atom stereocenters. The van der Waals surface area contributed by atoms with Crippen LogP contribution in [0.1, 0.15) is 4.88 Å². The molecule has 0 radical (unpaired) electrons. The van der Waals surface area contributed by atoms with Gasteiger partial charge in [-0.3, -0.25) is 4.98 Å². The van der Waals surface area contributed by atoms with Crippen molar-refractivity contribution >= 4 is 21.2 Å². The molecule has 4 nitrogen and oxygen atoms in total. The van der Waals surface area contributed by atoms with Crippen LogP contribution in [0.3, 0.4) is 0 Å². The van der Waals surface area contributed by atoms with Crippen molar-refractivity contribution in [3.05, 3.63) is 16.6 Å². The van der Waals surface area contributed by atoms with Gasteiger partial charge >= 0.3 is 0 Å². The zero-order valence-corrected chi connectivity index (χ0v) is 8.94. The molecule has 1 heterocycles. The number of thiazole rings is 1. The lowest BCUT2D eigenvalue weighted by Crippen LogP contribution is -2.30. The number of hydrogen-bond donors (Lipinski definition) is 1. The van der Waals surface area contributed by atoms with Crippen molar-refractivity contribution in [3.63, 3.8) is 0 Å². The van der Waals surface area contributed by atoms with Gasteiger partial charge in [-0.05, 0) is 0 Å². The van der Waals surface area contributed by atoms with Crippen LogP contribution in [-0.4, -0.2) is 31.5 Å². The molecule has 0 aromatic carbocycles. The van der Waals surface area contributed by atoms with Gasteiger partial charge in [0.25, 0.3) is 0 Å². The van der Waals surface area contributed by atoms with Gasteiger partial charge in [0.15, 0.2) is 9.84 Å². The molecule has 0 aliphatic rings. The molecule has 1 unspecified atom stereocenters. The zero-order valence-electron chi connectivity index (χ0n) is 7.30. The number of sulfone groups is 1. The Morgan fingerprint density at radius 2 is 2.38 bits per heavy atom. The maximum atomic E-state index is 11.2. The molecule has 0 spiro atoms. The fourth-order valence-electron chi connectivity index (χ4n) is 0.977. The third kappa shape index (κ3) is 3.06. The Morgan fingerprint density at radius 3 is 2.77 bits per heavy atom. The van der Waals surface area contributed by atoms with Crippen molar-refractivity contribution in [2.75, 3.05) is 12.8 Å². The van der Waals surface area contributed by atoms with Crippen molar-refractivity contribution in [1.29, 1.82) is 0 Å². The van der Waals surface area contributed by atoms with Crippen molar-refractivity contribution < 1.29 is 8.42 Å². The van der Waals surface area contributed by atoms with E-state index in [9.17, 15) is 8.42 Å². The Hall–Kier alpha value is -0.460. The Bertz CT molecular complexity index is 345. The Morgan fingerprint density at radius 1 is 1.69 bits per heavy atom. The quantitative estimate of drug-likeness (QED) is 0.778. The van der Waals surface area contributed by atoms with Crippen molar-refractivity contribution in [3.8, 4) is 0 Å². The fourth-order valence-corrected chi connectivity index (χ4v) is 2.59. The molecule has 13 heavy (non-hydrogen) atoms. The summed E-state index contributed by atoms with van der Waals surface area (Å²) < 4.78 is 22.4. The summed E-state index contributed by atoms with van der Waals surface area (Å²) in [5.74, 6) is 0. The second kappa shape index (κ2) is 4.17. The van der Waals surface area contributed by atoms with Crippen LogP contribution in [0.2, 0.25) is 0 Å². The van der Waals surface area contributed by atoms with E-state index in [0.717, 1.165) is 4.88 Å². The van der Waals surface area contributed by atoms with E-state index in [-0.39, 0.29) is 6.54 Å².